The fourth-order valence-corrected chi connectivity index (χ4v) is 2.04. The van der Waals surface area contributed by atoms with Gasteiger partial charge in [-0.3, -0.25) is 4.90 Å². The number of likely N-dealkylation sites (tertiary alicyclic amines) is 1. The molecule has 3 N–H and O–H groups in total. The molecular formula is C10H22N2O. The van der Waals surface area contributed by atoms with Gasteiger partial charge in [-0.05, 0) is 32.4 Å². The Bertz CT molecular complexity index is 135. The number of aliphatic hydroxyl groups is 1. The standard InChI is InChI=1S/C10H22N2O/c1-2-9(11)10(8-13)12-6-4-3-5-7-12/h9-10,13H,2-8,11H2,1H3. The van der Waals surface area contributed by atoms with Crippen molar-refractivity contribution in [1.82, 2.24) is 4.90 Å². The highest BCUT2D eigenvalue weighted by molar-refractivity contribution is 4.82. The van der Waals surface area contributed by atoms with Gasteiger partial charge in [0, 0.05) is 12.1 Å². The van der Waals surface area contributed by atoms with Crippen LogP contribution in [0.3, 0.4) is 0 Å². The molecule has 2 unspecified atom stereocenters. The molecule has 1 fully saturated rings. The molecule has 1 saturated heterocycles. The third-order valence-corrected chi connectivity index (χ3v) is 3.01. The van der Waals surface area contributed by atoms with E-state index < -0.39 is 0 Å². The Morgan fingerprint density at radius 2 is 1.92 bits per heavy atom. The van der Waals surface area contributed by atoms with Gasteiger partial charge in [-0.15, -0.1) is 0 Å². The summed E-state index contributed by atoms with van der Waals surface area (Å²) >= 11 is 0. The lowest BCUT2D eigenvalue weighted by Crippen LogP contribution is -2.51. The predicted octanol–water partition coefficient (Wildman–Crippen LogP) is 0.570. The van der Waals surface area contributed by atoms with Crippen molar-refractivity contribution in [3.63, 3.8) is 0 Å². The molecule has 0 aliphatic carbocycles. The van der Waals surface area contributed by atoms with E-state index in [1.807, 2.05) is 0 Å². The molecule has 0 radical (unpaired) electrons. The van der Waals surface area contributed by atoms with E-state index in [1.165, 1.54) is 19.3 Å². The maximum Gasteiger partial charge on any atom is 0.0601 e. The van der Waals surface area contributed by atoms with Gasteiger partial charge in [0.05, 0.1) is 6.61 Å². The van der Waals surface area contributed by atoms with E-state index in [2.05, 4.69) is 11.8 Å². The summed E-state index contributed by atoms with van der Waals surface area (Å²) in [6.45, 7) is 4.50. The summed E-state index contributed by atoms with van der Waals surface area (Å²) in [7, 11) is 0. The lowest BCUT2D eigenvalue weighted by atomic mass is 10.0. The summed E-state index contributed by atoms with van der Waals surface area (Å²) in [5, 5.41) is 9.26. The molecule has 0 aromatic heterocycles. The fraction of sp³-hybridized carbons (Fsp3) is 1.00. The van der Waals surface area contributed by atoms with Crippen LogP contribution in [0.4, 0.5) is 0 Å². The van der Waals surface area contributed by atoms with Crippen LogP contribution in [0.2, 0.25) is 0 Å². The van der Waals surface area contributed by atoms with Gasteiger partial charge >= 0.3 is 0 Å². The second-order valence-electron chi connectivity index (χ2n) is 3.92. The lowest BCUT2D eigenvalue weighted by Gasteiger charge is -2.36. The van der Waals surface area contributed by atoms with Crippen molar-refractivity contribution in [1.29, 1.82) is 0 Å². The maximum atomic E-state index is 9.26. The first-order chi connectivity index (χ1) is 6.29. The minimum absolute atomic E-state index is 0.128. The highest BCUT2D eigenvalue weighted by Crippen LogP contribution is 2.14. The Morgan fingerprint density at radius 1 is 1.31 bits per heavy atom. The van der Waals surface area contributed by atoms with Crippen LogP contribution in [-0.2, 0) is 0 Å². The van der Waals surface area contributed by atoms with Crippen LogP contribution in [0.25, 0.3) is 0 Å². The Kier molecular flexibility index (Phi) is 4.70. The fourth-order valence-electron chi connectivity index (χ4n) is 2.04. The van der Waals surface area contributed by atoms with Crippen LogP contribution in [0.15, 0.2) is 0 Å². The molecule has 0 aromatic rings. The van der Waals surface area contributed by atoms with Crippen LogP contribution >= 0.6 is 0 Å². The molecule has 3 nitrogen and oxygen atoms in total. The van der Waals surface area contributed by atoms with Crippen molar-refractivity contribution in [3.8, 4) is 0 Å². The highest BCUT2D eigenvalue weighted by Gasteiger charge is 2.24. The quantitative estimate of drug-likeness (QED) is 0.675. The number of nitrogens with two attached hydrogens (primary N) is 1. The molecule has 1 rings (SSSR count). The third kappa shape index (κ3) is 2.93. The van der Waals surface area contributed by atoms with Gasteiger partial charge in [-0.2, -0.15) is 0 Å². The molecule has 2 atom stereocenters. The Hall–Kier alpha value is -0.120. The Morgan fingerprint density at radius 3 is 2.38 bits per heavy atom. The first-order valence-corrected chi connectivity index (χ1v) is 5.40. The molecule has 1 aliphatic heterocycles. The minimum Gasteiger partial charge on any atom is -0.395 e. The van der Waals surface area contributed by atoms with Crippen LogP contribution in [-0.4, -0.2) is 41.8 Å². The number of nitrogens with zero attached hydrogens (tertiary/aromatic N) is 1. The number of piperidine rings is 1. The number of aliphatic hydroxyl groups excluding tert-OH is 1. The van der Waals surface area contributed by atoms with Crippen molar-refractivity contribution >= 4 is 0 Å². The van der Waals surface area contributed by atoms with Gasteiger partial charge in [0.1, 0.15) is 0 Å². The first-order valence-electron chi connectivity index (χ1n) is 5.40. The van der Waals surface area contributed by atoms with Gasteiger partial charge < -0.3 is 10.8 Å². The molecule has 3 heteroatoms. The molecule has 0 spiro atoms. The average molecular weight is 186 g/mol. The predicted molar refractivity (Wildman–Crippen MR) is 54.6 cm³/mol. The molecular weight excluding hydrogens is 164 g/mol. The molecule has 0 bridgehead atoms. The molecule has 1 heterocycles. The minimum atomic E-state index is 0.128. The second-order valence-corrected chi connectivity index (χ2v) is 3.92. The molecule has 0 aromatic carbocycles. The van der Waals surface area contributed by atoms with E-state index in [0.717, 1.165) is 19.5 Å². The smallest absolute Gasteiger partial charge is 0.0601 e. The normalized spacial score (nSPS) is 24.2. The van der Waals surface area contributed by atoms with Gasteiger partial charge in [-0.25, -0.2) is 0 Å². The zero-order valence-corrected chi connectivity index (χ0v) is 8.58. The van der Waals surface area contributed by atoms with Crippen LogP contribution in [0.1, 0.15) is 32.6 Å². The van der Waals surface area contributed by atoms with E-state index in [1.54, 1.807) is 0 Å². The molecule has 13 heavy (non-hydrogen) atoms. The Balaban J connectivity index is 2.43. The molecule has 0 saturated carbocycles. The van der Waals surface area contributed by atoms with Gasteiger partial charge in [0.15, 0.2) is 0 Å². The maximum absolute atomic E-state index is 9.26. The van der Waals surface area contributed by atoms with E-state index in [-0.39, 0.29) is 18.7 Å². The SMILES string of the molecule is CCC(N)C(CO)N1CCCCC1. The van der Waals surface area contributed by atoms with E-state index in [4.69, 9.17) is 5.73 Å². The third-order valence-electron chi connectivity index (χ3n) is 3.01. The largest absolute Gasteiger partial charge is 0.395 e. The van der Waals surface area contributed by atoms with E-state index >= 15 is 0 Å². The summed E-state index contributed by atoms with van der Waals surface area (Å²) in [6.07, 6.45) is 4.79. The monoisotopic (exact) mass is 186 g/mol. The van der Waals surface area contributed by atoms with E-state index in [9.17, 15) is 5.11 Å². The highest BCUT2D eigenvalue weighted by atomic mass is 16.3. The number of rotatable bonds is 4. The first kappa shape index (κ1) is 11.0. The van der Waals surface area contributed by atoms with Gasteiger partial charge in [0.25, 0.3) is 0 Å². The summed E-state index contributed by atoms with van der Waals surface area (Å²) in [4.78, 5) is 2.34. The molecule has 0 amide bonds. The number of hydrogen-bond acceptors (Lipinski definition) is 3. The van der Waals surface area contributed by atoms with Gasteiger partial charge in [-0.1, -0.05) is 13.3 Å². The zero-order chi connectivity index (χ0) is 9.68. The number of hydrogen-bond donors (Lipinski definition) is 2. The Labute approximate surface area is 80.9 Å². The second kappa shape index (κ2) is 5.58. The van der Waals surface area contributed by atoms with Crippen LogP contribution < -0.4 is 5.73 Å². The van der Waals surface area contributed by atoms with Crippen LogP contribution in [0, 0.1) is 0 Å². The summed E-state index contributed by atoms with van der Waals surface area (Å²) in [5.74, 6) is 0. The topological polar surface area (TPSA) is 49.5 Å². The summed E-state index contributed by atoms with van der Waals surface area (Å²) in [6, 6.07) is 0.313. The van der Waals surface area contributed by atoms with Crippen molar-refractivity contribution in [2.45, 2.75) is 44.7 Å². The summed E-state index contributed by atoms with van der Waals surface area (Å²) in [5.41, 5.74) is 5.96. The van der Waals surface area contributed by atoms with E-state index in [0.29, 0.717) is 0 Å². The molecule has 1 aliphatic rings. The summed E-state index contributed by atoms with van der Waals surface area (Å²) < 4.78 is 0. The van der Waals surface area contributed by atoms with Crippen molar-refractivity contribution in [2.24, 2.45) is 5.73 Å². The lowest BCUT2D eigenvalue weighted by molar-refractivity contribution is 0.0860. The zero-order valence-electron chi connectivity index (χ0n) is 8.58. The van der Waals surface area contributed by atoms with Crippen molar-refractivity contribution < 1.29 is 5.11 Å². The van der Waals surface area contributed by atoms with Gasteiger partial charge in [0.2, 0.25) is 0 Å². The molecule has 78 valence electrons. The van der Waals surface area contributed by atoms with Crippen molar-refractivity contribution in [2.75, 3.05) is 19.7 Å². The van der Waals surface area contributed by atoms with Crippen LogP contribution in [0.5, 0.6) is 0 Å². The average Bonchev–Trinajstić information content (AvgIpc) is 2.20. The van der Waals surface area contributed by atoms with Crippen molar-refractivity contribution in [3.05, 3.63) is 0 Å².